The Balaban J connectivity index is 1.99. The van der Waals surface area contributed by atoms with Crippen LogP contribution in [0, 0.1) is 0 Å². The van der Waals surface area contributed by atoms with E-state index in [-0.39, 0.29) is 0 Å². The Morgan fingerprint density at radius 3 is 2.48 bits per heavy atom. The van der Waals surface area contributed by atoms with E-state index in [0.717, 1.165) is 10.1 Å². The first kappa shape index (κ1) is 16.2. The van der Waals surface area contributed by atoms with Crippen molar-refractivity contribution in [1.82, 2.24) is 19.1 Å². The lowest BCUT2D eigenvalue weighted by atomic mass is 10.2. The summed E-state index contributed by atoms with van der Waals surface area (Å²) in [6.07, 6.45) is 0. The van der Waals surface area contributed by atoms with Gasteiger partial charge in [0, 0.05) is 29.9 Å². The molecule has 23 heavy (non-hydrogen) atoms. The van der Waals surface area contributed by atoms with E-state index in [4.69, 9.17) is 23.2 Å². The monoisotopic (exact) mass is 370 g/mol. The van der Waals surface area contributed by atoms with Gasteiger partial charge in [-0.1, -0.05) is 41.0 Å². The Labute approximate surface area is 145 Å². The van der Waals surface area contributed by atoms with Gasteiger partial charge < -0.3 is 4.98 Å². The van der Waals surface area contributed by atoms with Gasteiger partial charge in [-0.15, -0.1) is 0 Å². The molecular weight excluding hydrogens is 359 g/mol. The van der Waals surface area contributed by atoms with Gasteiger partial charge >= 0.3 is 5.69 Å². The highest BCUT2D eigenvalue weighted by atomic mass is 35.5. The number of aromatic amines is 1. The summed E-state index contributed by atoms with van der Waals surface area (Å²) in [5.41, 5.74) is 0.592. The Bertz CT molecular complexity index is 1000. The van der Waals surface area contributed by atoms with Crippen LogP contribution in [0.5, 0.6) is 0 Å². The Kier molecular flexibility index (Phi) is 4.27. The highest BCUT2D eigenvalue weighted by Crippen LogP contribution is 2.30. The first-order chi connectivity index (χ1) is 10.9. The third-order valence-electron chi connectivity index (χ3n) is 3.49. The van der Waals surface area contributed by atoms with Crippen molar-refractivity contribution in [2.45, 2.75) is 10.9 Å². The highest BCUT2D eigenvalue weighted by molar-refractivity contribution is 7.98. The van der Waals surface area contributed by atoms with E-state index in [1.54, 1.807) is 25.2 Å². The summed E-state index contributed by atoms with van der Waals surface area (Å²) in [7, 11) is 3.01. The van der Waals surface area contributed by atoms with Gasteiger partial charge in [0.25, 0.3) is 5.56 Å². The molecule has 2 aromatic heterocycles. The molecule has 0 saturated heterocycles. The first-order valence-electron chi connectivity index (χ1n) is 6.61. The second-order valence-corrected chi connectivity index (χ2v) is 6.71. The number of aromatic nitrogens is 4. The minimum atomic E-state index is -0.417. The molecule has 0 aliphatic rings. The van der Waals surface area contributed by atoms with Gasteiger partial charge in [-0.3, -0.25) is 13.9 Å². The van der Waals surface area contributed by atoms with Crippen molar-refractivity contribution >= 4 is 46.1 Å². The van der Waals surface area contributed by atoms with Crippen LogP contribution in [-0.4, -0.2) is 19.1 Å². The topological polar surface area (TPSA) is 72.7 Å². The molecule has 6 nitrogen and oxygen atoms in total. The standard InChI is InChI=1S/C14H12Cl2N4O2S/c1-19-11-10(12(21)20(2)14(19)22)17-13(18-11)23-6-7-8(15)4-3-5-9(7)16/h3-5H,6H2,1-2H3,(H,17,18). The number of nitrogens with zero attached hydrogens (tertiary/aromatic N) is 3. The molecule has 0 atom stereocenters. The minimum absolute atomic E-state index is 0.294. The van der Waals surface area contributed by atoms with Gasteiger partial charge in [0.15, 0.2) is 16.3 Å². The molecule has 3 aromatic rings. The lowest BCUT2D eigenvalue weighted by Crippen LogP contribution is -2.36. The molecule has 2 heterocycles. The molecule has 9 heteroatoms. The number of imidazole rings is 1. The maximum absolute atomic E-state index is 12.1. The summed E-state index contributed by atoms with van der Waals surface area (Å²) in [6, 6.07) is 5.31. The zero-order valence-corrected chi connectivity index (χ0v) is 14.6. The number of aryl methyl sites for hydroxylation is 1. The van der Waals surface area contributed by atoms with E-state index < -0.39 is 11.2 Å². The van der Waals surface area contributed by atoms with E-state index in [0.29, 0.717) is 32.1 Å². The van der Waals surface area contributed by atoms with Gasteiger partial charge in [0.05, 0.1) is 0 Å². The molecule has 120 valence electrons. The quantitative estimate of drug-likeness (QED) is 0.719. The maximum atomic E-state index is 12.1. The largest absolute Gasteiger partial charge is 0.332 e. The first-order valence-corrected chi connectivity index (χ1v) is 8.35. The summed E-state index contributed by atoms with van der Waals surface area (Å²) in [4.78, 5) is 31.3. The maximum Gasteiger partial charge on any atom is 0.332 e. The highest BCUT2D eigenvalue weighted by Gasteiger charge is 2.14. The van der Waals surface area contributed by atoms with E-state index in [1.807, 2.05) is 0 Å². The van der Waals surface area contributed by atoms with E-state index in [1.165, 1.54) is 23.4 Å². The molecule has 1 N–H and O–H groups in total. The summed E-state index contributed by atoms with van der Waals surface area (Å²) in [6.45, 7) is 0. The van der Waals surface area contributed by atoms with Crippen LogP contribution in [0.2, 0.25) is 10.0 Å². The molecule has 0 aliphatic heterocycles. The van der Waals surface area contributed by atoms with Crippen molar-refractivity contribution in [2.75, 3.05) is 0 Å². The summed E-state index contributed by atoms with van der Waals surface area (Å²) in [5, 5.41) is 1.67. The fourth-order valence-corrected chi connectivity index (χ4v) is 3.79. The molecule has 0 aliphatic carbocycles. The molecule has 1 aromatic carbocycles. The van der Waals surface area contributed by atoms with Crippen molar-refractivity contribution in [3.05, 3.63) is 54.6 Å². The number of fused-ring (bicyclic) bond motifs is 1. The van der Waals surface area contributed by atoms with Gasteiger partial charge in [-0.05, 0) is 17.7 Å². The van der Waals surface area contributed by atoms with Crippen LogP contribution in [0.4, 0.5) is 0 Å². The summed E-state index contributed by atoms with van der Waals surface area (Å²) < 4.78 is 2.37. The van der Waals surface area contributed by atoms with E-state index >= 15 is 0 Å². The second kappa shape index (κ2) is 6.07. The molecule has 0 fully saturated rings. The van der Waals surface area contributed by atoms with Crippen LogP contribution in [0.25, 0.3) is 11.2 Å². The van der Waals surface area contributed by atoms with E-state index in [9.17, 15) is 9.59 Å². The fourth-order valence-electron chi connectivity index (χ4n) is 2.18. The molecule has 0 spiro atoms. The lowest BCUT2D eigenvalue weighted by Gasteiger charge is -2.04. The average molecular weight is 371 g/mol. The molecule has 0 bridgehead atoms. The number of benzene rings is 1. The molecule has 0 radical (unpaired) electrons. The van der Waals surface area contributed by atoms with Gasteiger partial charge in [-0.25, -0.2) is 9.78 Å². The summed E-state index contributed by atoms with van der Waals surface area (Å²) in [5.74, 6) is 0.493. The van der Waals surface area contributed by atoms with Crippen molar-refractivity contribution in [1.29, 1.82) is 0 Å². The molecule has 3 rings (SSSR count). The van der Waals surface area contributed by atoms with Gasteiger partial charge in [0.1, 0.15) is 0 Å². The van der Waals surface area contributed by atoms with Crippen LogP contribution in [0.15, 0.2) is 32.9 Å². The van der Waals surface area contributed by atoms with Crippen LogP contribution < -0.4 is 11.2 Å². The van der Waals surface area contributed by atoms with Crippen molar-refractivity contribution in [3.63, 3.8) is 0 Å². The van der Waals surface area contributed by atoms with Crippen molar-refractivity contribution < 1.29 is 0 Å². The zero-order chi connectivity index (χ0) is 16.7. The Morgan fingerprint density at radius 2 is 1.83 bits per heavy atom. The Hall–Kier alpha value is -1.70. The average Bonchev–Trinajstić information content (AvgIpc) is 2.95. The number of rotatable bonds is 3. The summed E-state index contributed by atoms with van der Waals surface area (Å²) >= 11 is 13.6. The molecule has 0 amide bonds. The fraction of sp³-hybridized carbons (Fsp3) is 0.214. The van der Waals surface area contributed by atoms with Crippen LogP contribution in [-0.2, 0) is 19.8 Å². The molecule has 0 saturated carbocycles. The van der Waals surface area contributed by atoms with Gasteiger partial charge in [-0.2, -0.15) is 0 Å². The van der Waals surface area contributed by atoms with Crippen molar-refractivity contribution in [3.8, 4) is 0 Å². The second-order valence-electron chi connectivity index (χ2n) is 4.94. The minimum Gasteiger partial charge on any atom is -0.327 e. The number of thioether (sulfide) groups is 1. The SMILES string of the molecule is Cn1c(=O)c2[nH]c(SCc3c(Cl)cccc3Cl)nc2n(C)c1=O. The third kappa shape index (κ3) is 2.80. The molecule has 0 unspecified atom stereocenters. The van der Waals surface area contributed by atoms with Crippen LogP contribution >= 0.6 is 35.0 Å². The predicted octanol–water partition coefficient (Wildman–Crippen LogP) is 2.56. The lowest BCUT2D eigenvalue weighted by molar-refractivity contribution is 0.708. The van der Waals surface area contributed by atoms with Crippen LogP contribution in [0.1, 0.15) is 5.56 Å². The molecular formula is C14H12Cl2N4O2S. The van der Waals surface area contributed by atoms with E-state index in [2.05, 4.69) is 9.97 Å². The zero-order valence-electron chi connectivity index (χ0n) is 12.3. The number of nitrogens with one attached hydrogen (secondary N) is 1. The van der Waals surface area contributed by atoms with Gasteiger partial charge in [0.2, 0.25) is 0 Å². The number of H-pyrrole nitrogens is 1. The number of hydrogen-bond donors (Lipinski definition) is 1. The third-order valence-corrected chi connectivity index (χ3v) is 5.10. The predicted molar refractivity (Wildman–Crippen MR) is 92.6 cm³/mol. The number of hydrogen-bond acceptors (Lipinski definition) is 4. The normalized spacial score (nSPS) is 11.3. The Morgan fingerprint density at radius 1 is 1.17 bits per heavy atom. The van der Waals surface area contributed by atoms with Crippen molar-refractivity contribution in [2.24, 2.45) is 14.1 Å². The van der Waals surface area contributed by atoms with Crippen LogP contribution in [0.3, 0.4) is 0 Å². The smallest absolute Gasteiger partial charge is 0.327 e. The number of halogens is 2.